The number of hydrogen-bond donors (Lipinski definition) is 0. The first-order valence-corrected chi connectivity index (χ1v) is 10.3. The Balaban J connectivity index is 1.49. The average Bonchev–Trinajstić information content (AvgIpc) is 2.85. The number of hydrogen-bond acceptors (Lipinski definition) is 5. The van der Waals surface area contributed by atoms with Crippen molar-refractivity contribution in [1.82, 2.24) is 14.8 Å². The molecule has 0 atom stereocenters. The number of aromatic nitrogens is 1. The minimum atomic E-state index is -0.500. The molecule has 1 fully saturated rings. The van der Waals surface area contributed by atoms with Crippen LogP contribution in [0.3, 0.4) is 0 Å². The molecule has 1 aliphatic heterocycles. The SMILES string of the molecule is COC(=O)c1cncc(C(=O)N2CCN(C(c3ccccc3)c3ccccc3)CC2)c1. The van der Waals surface area contributed by atoms with Crippen LogP contribution in [0.5, 0.6) is 0 Å². The van der Waals surface area contributed by atoms with E-state index in [4.69, 9.17) is 4.74 Å². The second-order valence-electron chi connectivity index (χ2n) is 7.51. The standard InChI is InChI=1S/C25H25N3O3/c1-31-25(30)22-16-21(17-26-18-22)24(29)28-14-12-27(13-15-28)23(19-8-4-2-5-9-19)20-10-6-3-7-11-20/h2-11,16-18,23H,12-15H2,1H3. The number of ether oxygens (including phenoxy) is 1. The predicted molar refractivity (Wildman–Crippen MR) is 118 cm³/mol. The molecule has 0 bridgehead atoms. The Morgan fingerprint density at radius 2 is 1.39 bits per heavy atom. The van der Waals surface area contributed by atoms with Crippen molar-refractivity contribution in [2.45, 2.75) is 6.04 Å². The van der Waals surface area contributed by atoms with Crippen molar-refractivity contribution in [3.05, 3.63) is 101 Å². The van der Waals surface area contributed by atoms with Crippen molar-refractivity contribution in [2.24, 2.45) is 0 Å². The zero-order valence-electron chi connectivity index (χ0n) is 17.5. The van der Waals surface area contributed by atoms with Gasteiger partial charge in [-0.3, -0.25) is 14.7 Å². The quantitative estimate of drug-likeness (QED) is 0.598. The van der Waals surface area contributed by atoms with Gasteiger partial charge in [0.15, 0.2) is 0 Å². The molecule has 0 aliphatic carbocycles. The van der Waals surface area contributed by atoms with Crippen molar-refractivity contribution < 1.29 is 14.3 Å². The second kappa shape index (κ2) is 9.53. The number of esters is 1. The van der Waals surface area contributed by atoms with E-state index in [0.717, 1.165) is 13.1 Å². The van der Waals surface area contributed by atoms with Crippen LogP contribution in [-0.2, 0) is 4.74 Å². The van der Waals surface area contributed by atoms with Crippen molar-refractivity contribution in [2.75, 3.05) is 33.3 Å². The molecule has 3 aromatic rings. The van der Waals surface area contributed by atoms with E-state index in [1.807, 2.05) is 17.0 Å². The highest BCUT2D eigenvalue weighted by molar-refractivity contribution is 5.97. The van der Waals surface area contributed by atoms with E-state index in [1.165, 1.54) is 30.6 Å². The molecule has 6 heteroatoms. The van der Waals surface area contributed by atoms with Gasteiger partial charge in [0.05, 0.1) is 24.3 Å². The lowest BCUT2D eigenvalue weighted by Gasteiger charge is -2.39. The van der Waals surface area contributed by atoms with Gasteiger partial charge in [0.25, 0.3) is 5.91 Å². The Labute approximate surface area is 182 Å². The van der Waals surface area contributed by atoms with Gasteiger partial charge < -0.3 is 9.64 Å². The monoisotopic (exact) mass is 415 g/mol. The molecule has 4 rings (SSSR count). The van der Waals surface area contributed by atoms with Gasteiger partial charge in [-0.15, -0.1) is 0 Å². The lowest BCUT2D eigenvalue weighted by Crippen LogP contribution is -2.49. The Morgan fingerprint density at radius 1 is 0.839 bits per heavy atom. The van der Waals surface area contributed by atoms with Gasteiger partial charge in [0, 0.05) is 38.6 Å². The number of carbonyl (C=O) groups excluding carboxylic acids is 2. The molecule has 1 aromatic heterocycles. The van der Waals surface area contributed by atoms with Crippen LogP contribution >= 0.6 is 0 Å². The number of methoxy groups -OCH3 is 1. The molecule has 31 heavy (non-hydrogen) atoms. The number of carbonyl (C=O) groups is 2. The Bertz CT molecular complexity index is 993. The zero-order chi connectivity index (χ0) is 21.6. The third-order valence-electron chi connectivity index (χ3n) is 5.60. The molecular formula is C25H25N3O3. The number of nitrogens with zero attached hydrogens (tertiary/aromatic N) is 3. The maximum absolute atomic E-state index is 13.0. The normalized spacial score (nSPS) is 14.5. The van der Waals surface area contributed by atoms with Gasteiger partial charge >= 0.3 is 5.97 Å². The number of piperazine rings is 1. The Kier molecular flexibility index (Phi) is 6.38. The third kappa shape index (κ3) is 4.64. The largest absolute Gasteiger partial charge is 0.465 e. The molecule has 0 N–H and O–H groups in total. The van der Waals surface area contributed by atoms with Crippen molar-refractivity contribution in [3.63, 3.8) is 0 Å². The molecule has 1 saturated heterocycles. The van der Waals surface area contributed by atoms with Crippen LogP contribution in [0.25, 0.3) is 0 Å². The van der Waals surface area contributed by atoms with Crippen LogP contribution in [0.1, 0.15) is 37.9 Å². The minimum absolute atomic E-state index is 0.117. The van der Waals surface area contributed by atoms with E-state index in [9.17, 15) is 9.59 Å². The van der Waals surface area contributed by atoms with Gasteiger partial charge in [-0.25, -0.2) is 4.79 Å². The number of pyridine rings is 1. The second-order valence-corrected chi connectivity index (χ2v) is 7.51. The minimum Gasteiger partial charge on any atom is -0.465 e. The summed E-state index contributed by atoms with van der Waals surface area (Å²) in [5.74, 6) is -0.616. The van der Waals surface area contributed by atoms with Gasteiger partial charge in [-0.1, -0.05) is 60.7 Å². The molecule has 0 spiro atoms. The molecule has 6 nitrogen and oxygen atoms in total. The van der Waals surface area contributed by atoms with Crippen molar-refractivity contribution in [3.8, 4) is 0 Å². The van der Waals surface area contributed by atoms with Crippen LogP contribution < -0.4 is 0 Å². The maximum atomic E-state index is 13.0. The summed E-state index contributed by atoms with van der Waals surface area (Å²) in [5, 5.41) is 0. The summed E-state index contributed by atoms with van der Waals surface area (Å²) in [6.07, 6.45) is 2.91. The summed E-state index contributed by atoms with van der Waals surface area (Å²) in [5.41, 5.74) is 3.16. The maximum Gasteiger partial charge on any atom is 0.339 e. The fraction of sp³-hybridized carbons (Fsp3) is 0.240. The lowest BCUT2D eigenvalue weighted by molar-refractivity contribution is 0.0595. The van der Waals surface area contributed by atoms with Crippen LogP contribution in [0.2, 0.25) is 0 Å². The fourth-order valence-electron chi connectivity index (χ4n) is 4.04. The summed E-state index contributed by atoms with van der Waals surface area (Å²) in [6, 6.07) is 22.6. The first-order valence-electron chi connectivity index (χ1n) is 10.3. The van der Waals surface area contributed by atoms with Crippen LogP contribution in [0, 0.1) is 0 Å². The highest BCUT2D eigenvalue weighted by Gasteiger charge is 2.28. The molecule has 0 saturated carbocycles. The third-order valence-corrected chi connectivity index (χ3v) is 5.60. The summed E-state index contributed by atoms with van der Waals surface area (Å²) in [4.78, 5) is 33.0. The summed E-state index contributed by atoms with van der Waals surface area (Å²) < 4.78 is 4.73. The lowest BCUT2D eigenvalue weighted by atomic mass is 9.96. The van der Waals surface area contributed by atoms with E-state index in [0.29, 0.717) is 18.7 Å². The molecule has 1 aliphatic rings. The van der Waals surface area contributed by atoms with E-state index >= 15 is 0 Å². The van der Waals surface area contributed by atoms with E-state index < -0.39 is 5.97 Å². The van der Waals surface area contributed by atoms with Gasteiger partial charge in [-0.2, -0.15) is 0 Å². The highest BCUT2D eigenvalue weighted by Crippen LogP contribution is 2.29. The fourth-order valence-corrected chi connectivity index (χ4v) is 4.04. The zero-order valence-corrected chi connectivity index (χ0v) is 17.5. The van der Waals surface area contributed by atoms with Crippen LogP contribution in [-0.4, -0.2) is 59.9 Å². The first kappa shape index (κ1) is 20.8. The van der Waals surface area contributed by atoms with E-state index in [1.54, 1.807) is 6.07 Å². The van der Waals surface area contributed by atoms with Crippen LogP contribution in [0.4, 0.5) is 0 Å². The molecule has 2 heterocycles. The smallest absolute Gasteiger partial charge is 0.339 e. The Hall–Kier alpha value is -3.51. The summed E-state index contributed by atoms with van der Waals surface area (Å²) in [7, 11) is 1.31. The van der Waals surface area contributed by atoms with Crippen molar-refractivity contribution >= 4 is 11.9 Å². The highest BCUT2D eigenvalue weighted by atomic mass is 16.5. The summed E-state index contributed by atoms with van der Waals surface area (Å²) >= 11 is 0. The van der Waals surface area contributed by atoms with Crippen molar-refractivity contribution in [1.29, 1.82) is 0 Å². The molecule has 0 unspecified atom stereocenters. The molecule has 0 radical (unpaired) electrons. The van der Waals surface area contributed by atoms with Crippen LogP contribution in [0.15, 0.2) is 79.1 Å². The number of amides is 1. The summed E-state index contributed by atoms with van der Waals surface area (Å²) in [6.45, 7) is 2.73. The topological polar surface area (TPSA) is 62.7 Å². The molecule has 2 aromatic carbocycles. The van der Waals surface area contributed by atoms with Gasteiger partial charge in [-0.05, 0) is 17.2 Å². The number of rotatable bonds is 5. The molecule has 1 amide bonds. The molecule has 158 valence electrons. The molecular weight excluding hydrogens is 390 g/mol. The average molecular weight is 415 g/mol. The van der Waals surface area contributed by atoms with Gasteiger partial charge in [0.2, 0.25) is 0 Å². The van der Waals surface area contributed by atoms with Gasteiger partial charge in [0.1, 0.15) is 0 Å². The Morgan fingerprint density at radius 3 is 1.94 bits per heavy atom. The predicted octanol–water partition coefficient (Wildman–Crippen LogP) is 3.42. The number of benzene rings is 2. The first-order chi connectivity index (χ1) is 15.2. The van der Waals surface area contributed by atoms with E-state index in [-0.39, 0.29) is 17.5 Å². The van der Waals surface area contributed by atoms with E-state index in [2.05, 4.69) is 58.4 Å².